The number of aromatic nitrogens is 4. The third-order valence-corrected chi connectivity index (χ3v) is 2.86. The molecule has 6 heteroatoms. The zero-order valence-corrected chi connectivity index (χ0v) is 9.61. The highest BCUT2D eigenvalue weighted by Gasteiger charge is 2.06. The topological polar surface area (TPSA) is 77.6 Å². The summed E-state index contributed by atoms with van der Waals surface area (Å²) in [6.07, 6.45) is 5.17. The maximum atomic E-state index is 5.61. The zero-order valence-electron chi connectivity index (χ0n) is 8.79. The molecular formula is C10H11N5S. The molecule has 0 atom stereocenters. The van der Waals surface area contributed by atoms with Crippen molar-refractivity contribution in [1.29, 1.82) is 0 Å². The summed E-state index contributed by atoms with van der Waals surface area (Å²) in [5.41, 5.74) is 7.58. The van der Waals surface area contributed by atoms with Crippen LogP contribution in [0.25, 0.3) is 0 Å². The van der Waals surface area contributed by atoms with Crippen LogP contribution in [0.3, 0.4) is 0 Å². The summed E-state index contributed by atoms with van der Waals surface area (Å²) in [6.45, 7) is 2.38. The highest BCUT2D eigenvalue weighted by Crippen LogP contribution is 2.24. The highest BCUT2D eigenvalue weighted by atomic mass is 32.2. The number of nitrogens with two attached hydrogens (primary N) is 1. The summed E-state index contributed by atoms with van der Waals surface area (Å²) in [5, 5.41) is 9.26. The van der Waals surface area contributed by atoms with Crippen LogP contribution >= 0.6 is 11.8 Å². The average Bonchev–Trinajstić information content (AvgIpc) is 2.33. The van der Waals surface area contributed by atoms with Gasteiger partial charge in [0, 0.05) is 30.7 Å². The van der Waals surface area contributed by atoms with Gasteiger partial charge in [0.05, 0.1) is 0 Å². The first kappa shape index (κ1) is 11.0. The Morgan fingerprint density at radius 1 is 1.31 bits per heavy atom. The lowest BCUT2D eigenvalue weighted by Crippen LogP contribution is -2.01. The molecular weight excluding hydrogens is 222 g/mol. The third kappa shape index (κ3) is 2.53. The van der Waals surface area contributed by atoms with Gasteiger partial charge in [0.25, 0.3) is 0 Å². The summed E-state index contributed by atoms with van der Waals surface area (Å²) < 4.78 is 0. The molecule has 0 amide bonds. The molecule has 0 aliphatic carbocycles. The van der Waals surface area contributed by atoms with Crippen molar-refractivity contribution in [1.82, 2.24) is 20.2 Å². The Morgan fingerprint density at radius 2 is 2.06 bits per heavy atom. The van der Waals surface area contributed by atoms with Gasteiger partial charge >= 0.3 is 0 Å². The Bertz CT molecular complexity index is 471. The van der Waals surface area contributed by atoms with E-state index in [1.54, 1.807) is 18.6 Å². The van der Waals surface area contributed by atoms with E-state index in [4.69, 9.17) is 5.73 Å². The number of hydrogen-bond acceptors (Lipinski definition) is 6. The summed E-state index contributed by atoms with van der Waals surface area (Å²) in [5.74, 6) is 0. The van der Waals surface area contributed by atoms with E-state index in [0.29, 0.717) is 11.7 Å². The Hall–Kier alpha value is -1.53. The second-order valence-electron chi connectivity index (χ2n) is 3.21. The normalized spacial score (nSPS) is 10.4. The minimum absolute atomic E-state index is 0.434. The summed E-state index contributed by atoms with van der Waals surface area (Å²) in [6, 6.07) is 1.85. The maximum absolute atomic E-state index is 5.61. The van der Waals surface area contributed by atoms with Crippen molar-refractivity contribution < 1.29 is 0 Å². The van der Waals surface area contributed by atoms with Gasteiger partial charge in [-0.1, -0.05) is 0 Å². The van der Waals surface area contributed by atoms with E-state index in [-0.39, 0.29) is 0 Å². The van der Waals surface area contributed by atoms with E-state index in [1.807, 2.05) is 13.0 Å². The minimum atomic E-state index is 0.434. The van der Waals surface area contributed by atoms with E-state index >= 15 is 0 Å². The third-order valence-electron chi connectivity index (χ3n) is 1.93. The van der Waals surface area contributed by atoms with Crippen LogP contribution in [0.15, 0.2) is 34.8 Å². The fraction of sp³-hybridized carbons (Fsp3) is 0.200. The lowest BCUT2D eigenvalue weighted by Gasteiger charge is -2.03. The second kappa shape index (κ2) is 5.00. The first-order valence-corrected chi connectivity index (χ1v) is 5.58. The number of nitrogens with zero attached hydrogens (tertiary/aromatic N) is 4. The van der Waals surface area contributed by atoms with Crippen molar-refractivity contribution in [3.05, 3.63) is 35.8 Å². The van der Waals surface area contributed by atoms with Crippen molar-refractivity contribution in [3.8, 4) is 0 Å². The van der Waals surface area contributed by atoms with Gasteiger partial charge in [-0.25, -0.2) is 9.97 Å². The summed E-state index contributed by atoms with van der Waals surface area (Å²) in [7, 11) is 0. The van der Waals surface area contributed by atoms with Gasteiger partial charge in [-0.2, -0.15) is 5.10 Å². The van der Waals surface area contributed by atoms with Gasteiger partial charge in [0.1, 0.15) is 5.03 Å². The van der Waals surface area contributed by atoms with E-state index in [1.165, 1.54) is 11.8 Å². The average molecular weight is 233 g/mol. The van der Waals surface area contributed by atoms with Crippen molar-refractivity contribution >= 4 is 11.8 Å². The fourth-order valence-corrected chi connectivity index (χ4v) is 1.86. The first-order chi connectivity index (χ1) is 7.79. The molecule has 5 nitrogen and oxygen atoms in total. The van der Waals surface area contributed by atoms with Crippen molar-refractivity contribution in [3.63, 3.8) is 0 Å². The van der Waals surface area contributed by atoms with Crippen LogP contribution in [-0.2, 0) is 6.54 Å². The molecule has 2 rings (SSSR count). The smallest absolute Gasteiger partial charge is 0.193 e. The van der Waals surface area contributed by atoms with Crippen LogP contribution in [0.5, 0.6) is 0 Å². The van der Waals surface area contributed by atoms with E-state index in [9.17, 15) is 0 Å². The van der Waals surface area contributed by atoms with Gasteiger partial charge in [-0.05, 0) is 30.3 Å². The fourth-order valence-electron chi connectivity index (χ4n) is 1.11. The molecule has 0 saturated heterocycles. The van der Waals surface area contributed by atoms with E-state index in [2.05, 4.69) is 20.2 Å². The van der Waals surface area contributed by atoms with Crippen LogP contribution in [0, 0.1) is 6.92 Å². The Labute approximate surface area is 97.5 Å². The SMILES string of the molecule is Cc1cnc(Sc2nnccc2CN)nc1. The minimum Gasteiger partial charge on any atom is -0.326 e. The lowest BCUT2D eigenvalue weighted by atomic mass is 10.3. The molecule has 0 radical (unpaired) electrons. The predicted octanol–water partition coefficient (Wildman–Crippen LogP) is 1.18. The molecule has 2 heterocycles. The lowest BCUT2D eigenvalue weighted by molar-refractivity contribution is 0.858. The molecule has 0 aliphatic rings. The molecule has 0 bridgehead atoms. The molecule has 0 fully saturated rings. The monoisotopic (exact) mass is 233 g/mol. The largest absolute Gasteiger partial charge is 0.326 e. The van der Waals surface area contributed by atoms with Crippen molar-refractivity contribution in [2.24, 2.45) is 5.73 Å². The van der Waals surface area contributed by atoms with Crippen LogP contribution in [0.4, 0.5) is 0 Å². The quantitative estimate of drug-likeness (QED) is 0.802. The Balaban J connectivity index is 2.23. The van der Waals surface area contributed by atoms with Crippen LogP contribution in [0.1, 0.15) is 11.1 Å². The first-order valence-electron chi connectivity index (χ1n) is 4.76. The molecule has 2 N–H and O–H groups in total. The van der Waals surface area contributed by atoms with Crippen LogP contribution in [-0.4, -0.2) is 20.2 Å². The zero-order chi connectivity index (χ0) is 11.4. The van der Waals surface area contributed by atoms with Crippen LogP contribution in [0.2, 0.25) is 0 Å². The standard InChI is InChI=1S/C10H11N5S/c1-7-5-12-10(13-6-7)16-9-8(4-11)2-3-14-15-9/h2-3,5-6H,4,11H2,1H3. The molecule has 16 heavy (non-hydrogen) atoms. The molecule has 0 aromatic carbocycles. The van der Waals surface area contributed by atoms with Crippen molar-refractivity contribution in [2.45, 2.75) is 23.7 Å². The maximum Gasteiger partial charge on any atom is 0.193 e. The highest BCUT2D eigenvalue weighted by molar-refractivity contribution is 7.99. The second-order valence-corrected chi connectivity index (χ2v) is 4.17. The summed E-state index contributed by atoms with van der Waals surface area (Å²) in [4.78, 5) is 8.38. The molecule has 0 saturated carbocycles. The van der Waals surface area contributed by atoms with Gasteiger partial charge in [0.15, 0.2) is 5.16 Å². The molecule has 82 valence electrons. The molecule has 0 aliphatic heterocycles. The Morgan fingerprint density at radius 3 is 2.75 bits per heavy atom. The number of aryl methyl sites for hydroxylation is 1. The van der Waals surface area contributed by atoms with E-state index in [0.717, 1.165) is 16.2 Å². The van der Waals surface area contributed by atoms with E-state index < -0.39 is 0 Å². The molecule has 0 spiro atoms. The van der Waals surface area contributed by atoms with Gasteiger partial charge < -0.3 is 5.73 Å². The molecule has 2 aromatic rings. The number of rotatable bonds is 3. The Kier molecular flexibility index (Phi) is 3.43. The summed E-state index contributed by atoms with van der Waals surface area (Å²) >= 11 is 1.37. The predicted molar refractivity (Wildman–Crippen MR) is 60.8 cm³/mol. The van der Waals surface area contributed by atoms with Gasteiger partial charge in [-0.15, -0.1) is 5.10 Å². The molecule has 2 aromatic heterocycles. The van der Waals surface area contributed by atoms with Gasteiger partial charge in [-0.3, -0.25) is 0 Å². The van der Waals surface area contributed by atoms with Crippen molar-refractivity contribution in [2.75, 3.05) is 0 Å². The molecule has 0 unspecified atom stereocenters. The van der Waals surface area contributed by atoms with Gasteiger partial charge in [0.2, 0.25) is 0 Å². The number of hydrogen-bond donors (Lipinski definition) is 1. The van der Waals surface area contributed by atoms with Crippen LogP contribution < -0.4 is 5.73 Å².